The molecule has 0 unspecified atom stereocenters. The summed E-state index contributed by atoms with van der Waals surface area (Å²) >= 11 is 18.4. The second kappa shape index (κ2) is 10.5. The van der Waals surface area contributed by atoms with Gasteiger partial charge in [0.25, 0.3) is 5.91 Å². The minimum Gasteiger partial charge on any atom is -0.493 e. The van der Waals surface area contributed by atoms with Crippen LogP contribution in [0, 0.1) is 6.92 Å². The van der Waals surface area contributed by atoms with Gasteiger partial charge < -0.3 is 9.47 Å². The smallest absolute Gasteiger partial charge is 0.271 e. The molecule has 1 amide bonds. The molecular formula is C23H19Cl3N2O3. The Balaban J connectivity index is 1.71. The molecule has 31 heavy (non-hydrogen) atoms. The van der Waals surface area contributed by atoms with Crippen LogP contribution in [0.25, 0.3) is 0 Å². The Morgan fingerprint density at radius 1 is 1.03 bits per heavy atom. The maximum atomic E-state index is 12.3. The number of hydrazone groups is 1. The van der Waals surface area contributed by atoms with E-state index in [0.717, 1.165) is 11.1 Å². The largest absolute Gasteiger partial charge is 0.493 e. The van der Waals surface area contributed by atoms with Gasteiger partial charge in [-0.15, -0.1) is 0 Å². The van der Waals surface area contributed by atoms with Crippen molar-refractivity contribution in [1.29, 1.82) is 0 Å². The lowest BCUT2D eigenvalue weighted by Gasteiger charge is -2.13. The highest BCUT2D eigenvalue weighted by Gasteiger charge is 2.13. The third-order valence-corrected chi connectivity index (χ3v) is 5.41. The second-order valence-corrected chi connectivity index (χ2v) is 7.81. The minimum absolute atomic E-state index is 0.229. The van der Waals surface area contributed by atoms with Crippen LogP contribution in [0.1, 0.15) is 27.0 Å². The van der Waals surface area contributed by atoms with Gasteiger partial charge in [-0.25, -0.2) is 5.43 Å². The molecule has 0 aliphatic carbocycles. The zero-order valence-corrected chi connectivity index (χ0v) is 19.1. The molecule has 0 aliphatic rings. The zero-order chi connectivity index (χ0) is 22.4. The van der Waals surface area contributed by atoms with Crippen molar-refractivity contribution < 1.29 is 14.3 Å². The van der Waals surface area contributed by atoms with Gasteiger partial charge in [-0.2, -0.15) is 5.10 Å². The van der Waals surface area contributed by atoms with Crippen LogP contribution in [0.3, 0.4) is 0 Å². The van der Waals surface area contributed by atoms with Gasteiger partial charge in [-0.3, -0.25) is 4.79 Å². The predicted molar refractivity (Wildman–Crippen MR) is 125 cm³/mol. The Kier molecular flexibility index (Phi) is 7.80. The van der Waals surface area contributed by atoms with Gasteiger partial charge >= 0.3 is 0 Å². The predicted octanol–water partition coefficient (Wildman–Crippen LogP) is 6.31. The van der Waals surface area contributed by atoms with Crippen molar-refractivity contribution in [1.82, 2.24) is 5.43 Å². The van der Waals surface area contributed by atoms with Crippen LogP contribution in [-0.4, -0.2) is 19.2 Å². The molecule has 0 spiro atoms. The zero-order valence-electron chi connectivity index (χ0n) is 16.8. The van der Waals surface area contributed by atoms with Crippen molar-refractivity contribution >= 4 is 46.9 Å². The molecule has 0 bridgehead atoms. The molecule has 0 aromatic heterocycles. The third-order valence-electron chi connectivity index (χ3n) is 4.39. The Labute approximate surface area is 195 Å². The number of carbonyl (C=O) groups is 1. The Morgan fingerprint density at radius 3 is 2.52 bits per heavy atom. The minimum atomic E-state index is -0.297. The fraction of sp³-hybridized carbons (Fsp3) is 0.130. The van der Waals surface area contributed by atoms with Crippen LogP contribution < -0.4 is 14.9 Å². The number of halogens is 3. The number of nitrogens with one attached hydrogen (secondary N) is 1. The Hall–Kier alpha value is -2.73. The van der Waals surface area contributed by atoms with Gasteiger partial charge in [0, 0.05) is 5.56 Å². The van der Waals surface area contributed by atoms with Crippen LogP contribution in [0.2, 0.25) is 15.1 Å². The number of hydrogen-bond acceptors (Lipinski definition) is 4. The summed E-state index contributed by atoms with van der Waals surface area (Å²) in [7, 11) is 1.51. The van der Waals surface area contributed by atoms with E-state index in [2.05, 4.69) is 10.5 Å². The average molecular weight is 478 g/mol. The molecule has 0 fully saturated rings. The molecule has 3 aromatic rings. The van der Waals surface area contributed by atoms with Gasteiger partial charge in [0.15, 0.2) is 11.5 Å². The van der Waals surface area contributed by atoms with Crippen molar-refractivity contribution in [3.8, 4) is 11.5 Å². The van der Waals surface area contributed by atoms with E-state index in [-0.39, 0.29) is 12.5 Å². The van der Waals surface area contributed by atoms with Gasteiger partial charge in [0.2, 0.25) is 0 Å². The lowest BCUT2D eigenvalue weighted by atomic mass is 10.1. The summed E-state index contributed by atoms with van der Waals surface area (Å²) in [5, 5.41) is 5.27. The van der Waals surface area contributed by atoms with E-state index >= 15 is 0 Å². The van der Waals surface area contributed by atoms with E-state index in [1.165, 1.54) is 13.3 Å². The topological polar surface area (TPSA) is 59.9 Å². The molecule has 1 N–H and O–H groups in total. The fourth-order valence-electron chi connectivity index (χ4n) is 2.79. The van der Waals surface area contributed by atoms with E-state index in [0.29, 0.717) is 37.7 Å². The van der Waals surface area contributed by atoms with Crippen molar-refractivity contribution in [2.24, 2.45) is 5.10 Å². The molecule has 3 aromatic carbocycles. The number of methoxy groups -OCH3 is 1. The first kappa shape index (κ1) is 22.9. The van der Waals surface area contributed by atoms with Crippen LogP contribution in [-0.2, 0) is 6.61 Å². The second-order valence-electron chi connectivity index (χ2n) is 6.59. The van der Waals surface area contributed by atoms with E-state index in [9.17, 15) is 4.79 Å². The van der Waals surface area contributed by atoms with Crippen molar-refractivity contribution in [2.75, 3.05) is 7.11 Å². The number of benzene rings is 3. The number of carbonyl (C=O) groups excluding carboxylic acids is 1. The Bertz CT molecular complexity index is 1130. The van der Waals surface area contributed by atoms with Crippen LogP contribution in [0.4, 0.5) is 0 Å². The summed E-state index contributed by atoms with van der Waals surface area (Å²) < 4.78 is 11.2. The third kappa shape index (κ3) is 5.91. The summed E-state index contributed by atoms with van der Waals surface area (Å²) in [5.41, 5.74) is 5.39. The van der Waals surface area contributed by atoms with Gasteiger partial charge in [0.1, 0.15) is 6.61 Å². The number of nitrogens with zero attached hydrogens (tertiary/aromatic N) is 1. The molecule has 0 atom stereocenters. The van der Waals surface area contributed by atoms with Gasteiger partial charge in [0.05, 0.1) is 28.4 Å². The molecule has 0 heterocycles. The highest BCUT2D eigenvalue weighted by atomic mass is 35.5. The van der Waals surface area contributed by atoms with Crippen molar-refractivity contribution in [3.05, 3.63) is 91.9 Å². The highest BCUT2D eigenvalue weighted by molar-refractivity contribution is 6.42. The maximum Gasteiger partial charge on any atom is 0.271 e. The quantitative estimate of drug-likeness (QED) is 0.320. The molecule has 0 saturated heterocycles. The highest BCUT2D eigenvalue weighted by Crippen LogP contribution is 2.37. The molecule has 0 saturated carbocycles. The monoisotopic (exact) mass is 476 g/mol. The molecule has 160 valence electrons. The lowest BCUT2D eigenvalue weighted by molar-refractivity contribution is 0.0954. The summed E-state index contributed by atoms with van der Waals surface area (Å²) in [4.78, 5) is 12.3. The summed E-state index contributed by atoms with van der Waals surface area (Å²) in [6.07, 6.45) is 1.48. The van der Waals surface area contributed by atoms with Crippen molar-refractivity contribution in [3.63, 3.8) is 0 Å². The molecule has 5 nitrogen and oxygen atoms in total. The first-order valence-electron chi connectivity index (χ1n) is 9.22. The maximum absolute atomic E-state index is 12.3. The summed E-state index contributed by atoms with van der Waals surface area (Å²) in [5.74, 6) is 0.518. The molecule has 3 rings (SSSR count). The number of aryl methyl sites for hydroxylation is 1. The number of hydrogen-bond donors (Lipinski definition) is 1. The normalized spacial score (nSPS) is 10.9. The standard InChI is InChI=1S/C23H19Cl3N2O3/c1-14-5-3-4-6-17(14)23(29)28-27-12-16-10-20(26)22(21(11-16)30-2)31-13-15-7-8-18(24)19(25)9-15/h3-12H,13H2,1-2H3,(H,28,29)/b27-12+. The SMILES string of the molecule is COc1cc(/C=N/NC(=O)c2ccccc2C)cc(Cl)c1OCc1ccc(Cl)c(Cl)c1. The first-order chi connectivity index (χ1) is 14.9. The van der Waals surface area contributed by atoms with E-state index in [1.807, 2.05) is 25.1 Å². The van der Waals surface area contributed by atoms with Gasteiger partial charge in [-0.05, 0) is 53.9 Å². The molecule has 0 radical (unpaired) electrons. The van der Waals surface area contributed by atoms with Crippen LogP contribution in [0.5, 0.6) is 11.5 Å². The number of ether oxygens (including phenoxy) is 2. The van der Waals surface area contributed by atoms with Crippen LogP contribution in [0.15, 0.2) is 59.7 Å². The van der Waals surface area contributed by atoms with E-state index < -0.39 is 0 Å². The van der Waals surface area contributed by atoms with E-state index in [1.54, 1.807) is 36.4 Å². The first-order valence-corrected chi connectivity index (χ1v) is 10.4. The Morgan fingerprint density at radius 2 is 1.81 bits per heavy atom. The average Bonchev–Trinajstić information content (AvgIpc) is 2.75. The number of amides is 1. The fourth-order valence-corrected chi connectivity index (χ4v) is 3.39. The lowest BCUT2D eigenvalue weighted by Crippen LogP contribution is -2.18. The number of rotatable bonds is 7. The molecule has 8 heteroatoms. The summed E-state index contributed by atoms with van der Waals surface area (Å²) in [6, 6.07) is 15.9. The van der Waals surface area contributed by atoms with E-state index in [4.69, 9.17) is 44.3 Å². The van der Waals surface area contributed by atoms with Crippen LogP contribution >= 0.6 is 34.8 Å². The molecular weight excluding hydrogens is 459 g/mol. The van der Waals surface area contributed by atoms with Gasteiger partial charge in [-0.1, -0.05) is 59.1 Å². The molecule has 0 aliphatic heterocycles. The van der Waals surface area contributed by atoms with Crippen molar-refractivity contribution in [2.45, 2.75) is 13.5 Å². The summed E-state index contributed by atoms with van der Waals surface area (Å²) in [6.45, 7) is 2.09.